The van der Waals surface area contributed by atoms with E-state index in [0.29, 0.717) is 0 Å². The molecule has 0 aromatic carbocycles. The molecule has 1 saturated heterocycles. The highest BCUT2D eigenvalue weighted by atomic mass is 32.2. The van der Waals surface area contributed by atoms with Crippen LogP contribution in [0.1, 0.15) is 25.7 Å². The number of hydrogen-bond acceptors (Lipinski definition) is 4. The van der Waals surface area contributed by atoms with E-state index >= 15 is 0 Å². The lowest BCUT2D eigenvalue weighted by molar-refractivity contribution is -0.122. The molecule has 1 atom stereocenters. The molecule has 0 spiro atoms. The van der Waals surface area contributed by atoms with E-state index in [9.17, 15) is 4.79 Å². The minimum absolute atomic E-state index is 0.000872. The molecule has 0 radical (unpaired) electrons. The van der Waals surface area contributed by atoms with Crippen molar-refractivity contribution >= 4 is 17.7 Å². The molecule has 0 aromatic rings. The Labute approximate surface area is 102 Å². The SMILES string of the molecule is O=C1NCCCCC1NCCSCCCO. The lowest BCUT2D eigenvalue weighted by atomic mass is 10.1. The van der Waals surface area contributed by atoms with Gasteiger partial charge in [-0.05, 0) is 31.4 Å². The molecule has 1 rings (SSSR count). The fraction of sp³-hybridized carbons (Fsp3) is 0.909. The van der Waals surface area contributed by atoms with Gasteiger partial charge in [-0.25, -0.2) is 0 Å². The van der Waals surface area contributed by atoms with Gasteiger partial charge in [0.1, 0.15) is 0 Å². The highest BCUT2D eigenvalue weighted by Crippen LogP contribution is 2.06. The standard InChI is InChI=1S/C11H22N2O2S/c14-7-3-8-16-9-6-12-10-4-1-2-5-13-11(10)15/h10,12,14H,1-9H2,(H,13,15). The van der Waals surface area contributed by atoms with Crippen molar-refractivity contribution in [2.24, 2.45) is 0 Å². The van der Waals surface area contributed by atoms with Crippen LogP contribution in [0.4, 0.5) is 0 Å². The van der Waals surface area contributed by atoms with Gasteiger partial charge in [-0.2, -0.15) is 11.8 Å². The van der Waals surface area contributed by atoms with Crippen molar-refractivity contribution in [1.29, 1.82) is 0 Å². The van der Waals surface area contributed by atoms with Crippen LogP contribution in [-0.2, 0) is 4.79 Å². The quantitative estimate of drug-likeness (QED) is 0.568. The van der Waals surface area contributed by atoms with Crippen LogP contribution in [0.15, 0.2) is 0 Å². The highest BCUT2D eigenvalue weighted by molar-refractivity contribution is 7.99. The number of carbonyl (C=O) groups is 1. The van der Waals surface area contributed by atoms with Crippen molar-refractivity contribution in [3.05, 3.63) is 0 Å². The maximum absolute atomic E-state index is 11.6. The molecule has 94 valence electrons. The predicted molar refractivity (Wildman–Crippen MR) is 67.7 cm³/mol. The summed E-state index contributed by atoms with van der Waals surface area (Å²) < 4.78 is 0. The first-order valence-electron chi connectivity index (χ1n) is 6.04. The second-order valence-electron chi connectivity index (χ2n) is 3.98. The van der Waals surface area contributed by atoms with E-state index in [1.165, 1.54) is 0 Å². The number of aliphatic hydroxyl groups is 1. The summed E-state index contributed by atoms with van der Waals surface area (Å²) in [5, 5.41) is 14.8. The average molecular weight is 246 g/mol. The molecule has 0 bridgehead atoms. The van der Waals surface area contributed by atoms with E-state index in [0.717, 1.165) is 50.3 Å². The Morgan fingerprint density at radius 1 is 1.44 bits per heavy atom. The number of carbonyl (C=O) groups excluding carboxylic acids is 1. The van der Waals surface area contributed by atoms with Gasteiger partial charge in [-0.1, -0.05) is 0 Å². The maximum atomic E-state index is 11.6. The fourth-order valence-corrected chi connectivity index (χ4v) is 2.51. The minimum atomic E-state index is 0.000872. The number of hydrogen-bond donors (Lipinski definition) is 3. The molecule has 4 nitrogen and oxygen atoms in total. The van der Waals surface area contributed by atoms with Gasteiger partial charge in [-0.3, -0.25) is 4.79 Å². The molecule has 1 aliphatic rings. The topological polar surface area (TPSA) is 61.4 Å². The third kappa shape index (κ3) is 5.72. The van der Waals surface area contributed by atoms with Crippen molar-refractivity contribution < 1.29 is 9.90 Å². The predicted octanol–water partition coefficient (Wildman–Crippen LogP) is 0.360. The van der Waals surface area contributed by atoms with Gasteiger partial charge in [0.2, 0.25) is 5.91 Å². The van der Waals surface area contributed by atoms with Crippen LogP contribution < -0.4 is 10.6 Å². The number of amides is 1. The Morgan fingerprint density at radius 3 is 3.12 bits per heavy atom. The van der Waals surface area contributed by atoms with E-state index in [1.54, 1.807) is 0 Å². The van der Waals surface area contributed by atoms with E-state index in [-0.39, 0.29) is 18.6 Å². The first kappa shape index (κ1) is 13.8. The normalized spacial score (nSPS) is 21.6. The van der Waals surface area contributed by atoms with E-state index in [4.69, 9.17) is 5.11 Å². The smallest absolute Gasteiger partial charge is 0.237 e. The third-order valence-electron chi connectivity index (χ3n) is 2.62. The van der Waals surface area contributed by atoms with Crippen LogP contribution >= 0.6 is 11.8 Å². The molecule has 5 heteroatoms. The molecule has 1 heterocycles. The van der Waals surface area contributed by atoms with Crippen molar-refractivity contribution in [3.8, 4) is 0 Å². The first-order chi connectivity index (χ1) is 7.84. The van der Waals surface area contributed by atoms with Crippen LogP contribution in [0.2, 0.25) is 0 Å². The van der Waals surface area contributed by atoms with Gasteiger partial charge in [0.05, 0.1) is 6.04 Å². The highest BCUT2D eigenvalue weighted by Gasteiger charge is 2.19. The van der Waals surface area contributed by atoms with Crippen molar-refractivity contribution in [3.63, 3.8) is 0 Å². The monoisotopic (exact) mass is 246 g/mol. The zero-order valence-electron chi connectivity index (χ0n) is 9.71. The summed E-state index contributed by atoms with van der Waals surface area (Å²) in [4.78, 5) is 11.6. The molecule has 1 unspecified atom stereocenters. The van der Waals surface area contributed by atoms with E-state index in [1.807, 2.05) is 11.8 Å². The summed E-state index contributed by atoms with van der Waals surface area (Å²) in [6, 6.07) is 0.000872. The molecular weight excluding hydrogens is 224 g/mol. The van der Waals surface area contributed by atoms with Crippen LogP contribution in [0.3, 0.4) is 0 Å². The molecule has 0 aliphatic carbocycles. The second kappa shape index (κ2) is 8.84. The van der Waals surface area contributed by atoms with E-state index in [2.05, 4.69) is 10.6 Å². The summed E-state index contributed by atoms with van der Waals surface area (Å²) in [6.07, 6.45) is 4.02. The fourth-order valence-electron chi connectivity index (χ4n) is 1.71. The van der Waals surface area contributed by atoms with Crippen molar-refractivity contribution in [2.75, 3.05) is 31.2 Å². The molecule has 0 aromatic heterocycles. The first-order valence-corrected chi connectivity index (χ1v) is 7.20. The van der Waals surface area contributed by atoms with Gasteiger partial charge in [0.25, 0.3) is 0 Å². The molecule has 1 amide bonds. The Bertz CT molecular complexity index is 202. The Hall–Kier alpha value is -0.260. The van der Waals surface area contributed by atoms with Crippen molar-refractivity contribution in [2.45, 2.75) is 31.7 Å². The molecule has 0 saturated carbocycles. The van der Waals surface area contributed by atoms with Crippen LogP contribution in [0.25, 0.3) is 0 Å². The van der Waals surface area contributed by atoms with Gasteiger partial charge in [-0.15, -0.1) is 0 Å². The number of rotatable bonds is 7. The van der Waals surface area contributed by atoms with Gasteiger partial charge in [0, 0.05) is 25.4 Å². The molecule has 1 aliphatic heterocycles. The molecule has 1 fully saturated rings. The largest absolute Gasteiger partial charge is 0.396 e. The summed E-state index contributed by atoms with van der Waals surface area (Å²) in [5.41, 5.74) is 0. The average Bonchev–Trinajstić information content (AvgIpc) is 2.49. The van der Waals surface area contributed by atoms with Crippen LogP contribution in [-0.4, -0.2) is 48.3 Å². The second-order valence-corrected chi connectivity index (χ2v) is 5.21. The Morgan fingerprint density at radius 2 is 2.31 bits per heavy atom. The van der Waals surface area contributed by atoms with Gasteiger partial charge >= 0.3 is 0 Å². The summed E-state index contributed by atoms with van der Waals surface area (Å²) in [7, 11) is 0. The molecule has 3 N–H and O–H groups in total. The summed E-state index contributed by atoms with van der Waals surface area (Å²) in [6.45, 7) is 1.96. The lowest BCUT2D eigenvalue weighted by Gasteiger charge is -2.14. The van der Waals surface area contributed by atoms with Crippen LogP contribution in [0.5, 0.6) is 0 Å². The summed E-state index contributed by atoms with van der Waals surface area (Å²) in [5.74, 6) is 2.15. The van der Waals surface area contributed by atoms with E-state index < -0.39 is 0 Å². The number of aliphatic hydroxyl groups excluding tert-OH is 1. The zero-order valence-corrected chi connectivity index (χ0v) is 10.5. The maximum Gasteiger partial charge on any atom is 0.237 e. The van der Waals surface area contributed by atoms with Gasteiger partial charge in [0.15, 0.2) is 0 Å². The molecule has 16 heavy (non-hydrogen) atoms. The zero-order chi connectivity index (χ0) is 11.6. The summed E-state index contributed by atoms with van der Waals surface area (Å²) >= 11 is 1.82. The molecular formula is C11H22N2O2S. The lowest BCUT2D eigenvalue weighted by Crippen LogP contribution is -2.43. The minimum Gasteiger partial charge on any atom is -0.396 e. The Balaban J connectivity index is 2.04. The number of nitrogens with one attached hydrogen (secondary N) is 2. The van der Waals surface area contributed by atoms with Crippen molar-refractivity contribution in [1.82, 2.24) is 10.6 Å². The van der Waals surface area contributed by atoms with Crippen LogP contribution in [0, 0.1) is 0 Å². The number of thioether (sulfide) groups is 1. The van der Waals surface area contributed by atoms with Gasteiger partial charge < -0.3 is 15.7 Å². The Kier molecular flexibility index (Phi) is 7.63. The third-order valence-corrected chi connectivity index (χ3v) is 3.69.